The van der Waals surface area contributed by atoms with E-state index in [-0.39, 0.29) is 11.9 Å². The number of nitrogens with zero attached hydrogens (tertiary/aromatic N) is 4. The average molecular weight is 404 g/mol. The summed E-state index contributed by atoms with van der Waals surface area (Å²) in [6.07, 6.45) is 3.24. The molecule has 0 bridgehead atoms. The van der Waals surface area contributed by atoms with Crippen LogP contribution in [0, 0.1) is 0 Å². The molecule has 1 amide bonds. The van der Waals surface area contributed by atoms with Crippen LogP contribution >= 0.6 is 15.9 Å². The standard InChI is InChI=1S/C17H18BrN5O2/c1-10-4-2-3-7-22(10)17(24)11-8-14(19)23-15(9-11)20-16(21-23)12-5-6-13(18)25-12/h5-6,8-10H,2-4,7,19H2,1H3. The summed E-state index contributed by atoms with van der Waals surface area (Å²) in [5.41, 5.74) is 7.17. The molecule has 1 saturated heterocycles. The van der Waals surface area contributed by atoms with E-state index in [1.807, 2.05) is 4.90 Å². The number of likely N-dealkylation sites (tertiary alicyclic amines) is 1. The molecule has 3 aromatic rings. The van der Waals surface area contributed by atoms with Gasteiger partial charge < -0.3 is 15.1 Å². The summed E-state index contributed by atoms with van der Waals surface area (Å²) >= 11 is 3.26. The van der Waals surface area contributed by atoms with Crippen molar-refractivity contribution in [2.75, 3.05) is 12.3 Å². The van der Waals surface area contributed by atoms with E-state index in [0.29, 0.717) is 33.3 Å². The summed E-state index contributed by atoms with van der Waals surface area (Å²) < 4.78 is 7.61. The second-order valence-corrected chi connectivity index (χ2v) is 7.10. The third-order valence-corrected chi connectivity index (χ3v) is 5.00. The van der Waals surface area contributed by atoms with Gasteiger partial charge >= 0.3 is 0 Å². The Morgan fingerprint density at radius 1 is 1.36 bits per heavy atom. The van der Waals surface area contributed by atoms with Gasteiger partial charge in [0.2, 0.25) is 5.82 Å². The first-order valence-corrected chi connectivity index (χ1v) is 9.05. The zero-order valence-corrected chi connectivity index (χ0v) is 15.4. The Morgan fingerprint density at radius 2 is 2.20 bits per heavy atom. The Kier molecular flexibility index (Phi) is 3.99. The van der Waals surface area contributed by atoms with Crippen LogP contribution in [0.4, 0.5) is 5.82 Å². The fourth-order valence-corrected chi connectivity index (χ4v) is 3.54. The molecular weight excluding hydrogens is 386 g/mol. The second-order valence-electron chi connectivity index (χ2n) is 6.32. The van der Waals surface area contributed by atoms with Gasteiger partial charge in [0.25, 0.3) is 5.91 Å². The molecule has 0 aromatic carbocycles. The first kappa shape index (κ1) is 16.1. The minimum absolute atomic E-state index is 0.00769. The number of carbonyl (C=O) groups excluding carboxylic acids is 1. The summed E-state index contributed by atoms with van der Waals surface area (Å²) in [6.45, 7) is 2.87. The molecule has 0 saturated carbocycles. The van der Waals surface area contributed by atoms with Crippen molar-refractivity contribution in [3.8, 4) is 11.6 Å². The van der Waals surface area contributed by atoms with Crippen LogP contribution in [-0.2, 0) is 0 Å². The van der Waals surface area contributed by atoms with Crippen LogP contribution in [0.1, 0.15) is 36.5 Å². The van der Waals surface area contributed by atoms with E-state index in [0.717, 1.165) is 19.4 Å². The number of hydrogen-bond donors (Lipinski definition) is 1. The number of nitrogens with two attached hydrogens (primary N) is 1. The van der Waals surface area contributed by atoms with Gasteiger partial charge in [0.05, 0.1) is 0 Å². The van der Waals surface area contributed by atoms with Crippen molar-refractivity contribution < 1.29 is 9.21 Å². The molecule has 4 heterocycles. The minimum Gasteiger partial charge on any atom is -0.446 e. The lowest BCUT2D eigenvalue weighted by atomic mass is 10.0. The first-order valence-electron chi connectivity index (χ1n) is 8.26. The number of halogens is 1. The zero-order valence-electron chi connectivity index (χ0n) is 13.8. The van der Waals surface area contributed by atoms with Crippen molar-refractivity contribution in [2.45, 2.75) is 32.2 Å². The van der Waals surface area contributed by atoms with Crippen LogP contribution in [0.15, 0.2) is 33.4 Å². The normalized spacial score (nSPS) is 18.0. The zero-order chi connectivity index (χ0) is 17.6. The summed E-state index contributed by atoms with van der Waals surface area (Å²) in [7, 11) is 0. The summed E-state index contributed by atoms with van der Waals surface area (Å²) in [4.78, 5) is 19.2. The molecule has 1 atom stereocenters. The Morgan fingerprint density at radius 3 is 2.92 bits per heavy atom. The van der Waals surface area contributed by atoms with Gasteiger partial charge in [-0.25, -0.2) is 4.98 Å². The fourth-order valence-electron chi connectivity index (χ4n) is 3.24. The Balaban J connectivity index is 1.72. The topological polar surface area (TPSA) is 89.7 Å². The van der Waals surface area contributed by atoms with Gasteiger partial charge in [0.15, 0.2) is 16.1 Å². The van der Waals surface area contributed by atoms with E-state index in [4.69, 9.17) is 10.2 Å². The van der Waals surface area contributed by atoms with Crippen LogP contribution in [0.25, 0.3) is 17.2 Å². The van der Waals surface area contributed by atoms with Gasteiger partial charge in [-0.15, -0.1) is 5.10 Å². The fraction of sp³-hybridized carbons (Fsp3) is 0.353. The lowest BCUT2D eigenvalue weighted by molar-refractivity contribution is 0.0635. The smallest absolute Gasteiger partial charge is 0.254 e. The van der Waals surface area contributed by atoms with E-state index < -0.39 is 0 Å². The Hall–Kier alpha value is -2.35. The van der Waals surface area contributed by atoms with E-state index in [9.17, 15) is 4.79 Å². The molecule has 130 valence electrons. The average Bonchev–Trinajstić information content (AvgIpc) is 3.21. The van der Waals surface area contributed by atoms with Crippen LogP contribution in [0.5, 0.6) is 0 Å². The number of hydrogen-bond acceptors (Lipinski definition) is 5. The number of fused-ring (bicyclic) bond motifs is 1. The van der Waals surface area contributed by atoms with Crippen molar-refractivity contribution in [3.63, 3.8) is 0 Å². The Labute approximate surface area is 152 Å². The van der Waals surface area contributed by atoms with Gasteiger partial charge in [0, 0.05) is 18.2 Å². The third-order valence-electron chi connectivity index (χ3n) is 4.57. The highest BCUT2D eigenvalue weighted by Crippen LogP contribution is 2.25. The monoisotopic (exact) mass is 403 g/mol. The second kappa shape index (κ2) is 6.18. The SMILES string of the molecule is CC1CCCCN1C(=O)c1cc(N)n2nc(-c3ccc(Br)o3)nc2c1. The van der Waals surface area contributed by atoms with Crippen LogP contribution in [0.3, 0.4) is 0 Å². The Bertz CT molecular complexity index is 948. The van der Waals surface area contributed by atoms with Crippen molar-refractivity contribution in [1.29, 1.82) is 0 Å². The highest BCUT2D eigenvalue weighted by molar-refractivity contribution is 9.10. The number of carbonyl (C=O) groups is 1. The van der Waals surface area contributed by atoms with Gasteiger partial charge in [-0.1, -0.05) is 0 Å². The van der Waals surface area contributed by atoms with Crippen LogP contribution < -0.4 is 5.73 Å². The quantitative estimate of drug-likeness (QED) is 0.708. The number of anilines is 1. The maximum atomic E-state index is 12.9. The molecule has 0 spiro atoms. The van der Waals surface area contributed by atoms with Crippen LogP contribution in [-0.4, -0.2) is 38.0 Å². The molecule has 3 aromatic heterocycles. The molecule has 4 rings (SSSR count). The van der Waals surface area contributed by atoms with Gasteiger partial charge in [0.1, 0.15) is 5.82 Å². The number of piperidine rings is 1. The number of aromatic nitrogens is 3. The molecule has 25 heavy (non-hydrogen) atoms. The predicted octanol–water partition coefficient (Wildman–Crippen LogP) is 3.35. The van der Waals surface area contributed by atoms with Crippen molar-refractivity contribution in [3.05, 3.63) is 34.5 Å². The van der Waals surface area contributed by atoms with Gasteiger partial charge in [-0.3, -0.25) is 4.79 Å². The highest BCUT2D eigenvalue weighted by atomic mass is 79.9. The largest absolute Gasteiger partial charge is 0.446 e. The maximum Gasteiger partial charge on any atom is 0.254 e. The molecule has 8 heteroatoms. The van der Waals surface area contributed by atoms with E-state index in [2.05, 4.69) is 32.9 Å². The van der Waals surface area contributed by atoms with Crippen molar-refractivity contribution >= 4 is 33.3 Å². The maximum absolute atomic E-state index is 12.9. The summed E-state index contributed by atoms with van der Waals surface area (Å²) in [5.74, 6) is 1.32. The molecule has 1 fully saturated rings. The summed E-state index contributed by atoms with van der Waals surface area (Å²) in [6, 6.07) is 7.18. The van der Waals surface area contributed by atoms with Crippen molar-refractivity contribution in [1.82, 2.24) is 19.5 Å². The number of amides is 1. The predicted molar refractivity (Wildman–Crippen MR) is 97.2 cm³/mol. The molecule has 1 aliphatic heterocycles. The van der Waals surface area contributed by atoms with Gasteiger partial charge in [-0.2, -0.15) is 4.52 Å². The number of furan rings is 1. The number of pyridine rings is 1. The van der Waals surface area contributed by atoms with E-state index >= 15 is 0 Å². The molecule has 2 N–H and O–H groups in total. The third kappa shape index (κ3) is 2.90. The van der Waals surface area contributed by atoms with Gasteiger partial charge in [-0.05, 0) is 66.4 Å². The van der Waals surface area contributed by atoms with Crippen molar-refractivity contribution in [2.24, 2.45) is 0 Å². The minimum atomic E-state index is -0.00769. The lowest BCUT2D eigenvalue weighted by Gasteiger charge is -2.33. The molecule has 1 unspecified atom stereocenters. The molecule has 1 aliphatic rings. The first-order chi connectivity index (χ1) is 12.0. The summed E-state index contributed by atoms with van der Waals surface area (Å²) in [5, 5.41) is 4.36. The highest BCUT2D eigenvalue weighted by Gasteiger charge is 2.25. The molecule has 0 aliphatic carbocycles. The van der Waals surface area contributed by atoms with E-state index in [1.54, 1.807) is 24.3 Å². The molecular formula is C17H18BrN5O2. The number of nitrogen functional groups attached to an aromatic ring is 1. The molecule has 0 radical (unpaired) electrons. The number of rotatable bonds is 2. The van der Waals surface area contributed by atoms with E-state index in [1.165, 1.54) is 10.9 Å². The lowest BCUT2D eigenvalue weighted by Crippen LogP contribution is -2.42. The molecule has 7 nitrogen and oxygen atoms in total. The van der Waals surface area contributed by atoms with Crippen LogP contribution in [0.2, 0.25) is 0 Å².